The van der Waals surface area contributed by atoms with Crippen LogP contribution < -0.4 is 0 Å². The Hall–Kier alpha value is -1.48. The molecule has 1 aliphatic rings. The summed E-state index contributed by atoms with van der Waals surface area (Å²) < 4.78 is 33.2. The molecule has 1 aromatic rings. The van der Waals surface area contributed by atoms with Crippen molar-refractivity contribution in [2.75, 3.05) is 0 Å². The highest BCUT2D eigenvalue weighted by Crippen LogP contribution is 2.38. The van der Waals surface area contributed by atoms with E-state index in [2.05, 4.69) is 18.7 Å². The average molecular weight is 348 g/mol. The van der Waals surface area contributed by atoms with E-state index in [1.807, 2.05) is 31.2 Å². The summed E-state index contributed by atoms with van der Waals surface area (Å²) in [5, 5.41) is 0. The summed E-state index contributed by atoms with van der Waals surface area (Å²) in [5.41, 5.74) is 1.74. The minimum absolute atomic E-state index is 0.0525. The first-order valence-electron chi connectivity index (χ1n) is 9.36. The molecule has 1 nitrogen and oxygen atoms in total. The quantitative estimate of drug-likeness (QED) is 0.437. The number of hydrogen-bond donors (Lipinski definition) is 0. The van der Waals surface area contributed by atoms with E-state index in [1.54, 1.807) is 6.08 Å². The number of alkyl halides is 2. The van der Waals surface area contributed by atoms with E-state index in [9.17, 15) is 8.78 Å². The summed E-state index contributed by atoms with van der Waals surface area (Å²) in [6.45, 7) is 5.66. The van der Waals surface area contributed by atoms with Crippen LogP contribution in [-0.2, 0) is 11.3 Å². The van der Waals surface area contributed by atoms with Gasteiger partial charge in [-0.25, -0.2) is 0 Å². The van der Waals surface area contributed by atoms with Crippen molar-refractivity contribution in [2.45, 2.75) is 64.6 Å². The number of ether oxygens (including phenoxy) is 1. The van der Waals surface area contributed by atoms with Gasteiger partial charge in [-0.2, -0.15) is 8.78 Å². The average Bonchev–Trinajstić information content (AvgIpc) is 2.62. The van der Waals surface area contributed by atoms with E-state index < -0.39 is 6.11 Å². The smallest absolute Gasteiger partial charge is 0.316 e. The molecule has 0 radical (unpaired) electrons. The number of allylic oxidation sites excluding steroid dienone is 2. The Bertz CT molecular complexity index is 540. The first-order chi connectivity index (χ1) is 12.0. The van der Waals surface area contributed by atoms with E-state index in [-0.39, 0.29) is 18.9 Å². The summed E-state index contributed by atoms with van der Waals surface area (Å²) in [6.07, 6.45) is 9.03. The zero-order chi connectivity index (χ0) is 18.1. The van der Waals surface area contributed by atoms with Crippen molar-refractivity contribution in [3.05, 3.63) is 54.1 Å². The molecule has 0 bridgehead atoms. The maximum atomic E-state index is 14.1. The second kappa shape index (κ2) is 9.86. The first kappa shape index (κ1) is 19.8. The van der Waals surface area contributed by atoms with Crippen LogP contribution in [0, 0.1) is 11.8 Å². The Morgan fingerprint density at radius 3 is 2.36 bits per heavy atom. The van der Waals surface area contributed by atoms with Crippen molar-refractivity contribution in [1.29, 1.82) is 0 Å². The molecule has 1 aromatic carbocycles. The standard InChI is InChI=1S/C22H30F2O/c1-3-5-6-7-19-10-12-20(13-11-19)16-22(23,24)25-17-21-14-8-18(4-2)9-15-21/h3-5,8-9,14-15,19-20H,2,6-7,10-13,16-17H2,1H3. The molecule has 0 N–H and O–H groups in total. The fraction of sp³-hybridized carbons (Fsp3) is 0.545. The molecule has 0 heterocycles. The van der Waals surface area contributed by atoms with Gasteiger partial charge in [-0.3, -0.25) is 0 Å². The van der Waals surface area contributed by atoms with Crippen molar-refractivity contribution in [3.8, 4) is 0 Å². The molecule has 1 saturated carbocycles. The van der Waals surface area contributed by atoms with Gasteiger partial charge in [0, 0.05) is 6.42 Å². The molecule has 0 aliphatic heterocycles. The summed E-state index contributed by atoms with van der Waals surface area (Å²) >= 11 is 0. The number of halogens is 2. The molecule has 0 unspecified atom stereocenters. The summed E-state index contributed by atoms with van der Waals surface area (Å²) in [5.74, 6) is 0.779. The summed E-state index contributed by atoms with van der Waals surface area (Å²) in [6, 6.07) is 7.34. The first-order valence-corrected chi connectivity index (χ1v) is 9.36. The van der Waals surface area contributed by atoms with Crippen LogP contribution in [-0.4, -0.2) is 6.11 Å². The zero-order valence-electron chi connectivity index (χ0n) is 15.2. The Balaban J connectivity index is 1.72. The summed E-state index contributed by atoms with van der Waals surface area (Å²) in [4.78, 5) is 0. The van der Waals surface area contributed by atoms with E-state index in [4.69, 9.17) is 4.74 Å². The molecule has 138 valence electrons. The maximum absolute atomic E-state index is 14.1. The van der Waals surface area contributed by atoms with Crippen LogP contribution in [0.1, 0.15) is 63.0 Å². The third-order valence-corrected chi connectivity index (χ3v) is 5.14. The Kier molecular flexibility index (Phi) is 7.83. The largest absolute Gasteiger partial charge is 0.356 e. The van der Waals surface area contributed by atoms with E-state index in [0.29, 0.717) is 5.92 Å². The Morgan fingerprint density at radius 2 is 1.76 bits per heavy atom. The van der Waals surface area contributed by atoms with Gasteiger partial charge in [0.15, 0.2) is 0 Å². The van der Waals surface area contributed by atoms with Gasteiger partial charge >= 0.3 is 6.11 Å². The lowest BCUT2D eigenvalue weighted by Gasteiger charge is -2.30. The van der Waals surface area contributed by atoms with Crippen molar-refractivity contribution < 1.29 is 13.5 Å². The monoisotopic (exact) mass is 348 g/mol. The van der Waals surface area contributed by atoms with Crippen LogP contribution in [0.2, 0.25) is 0 Å². The van der Waals surface area contributed by atoms with Crippen LogP contribution in [0.4, 0.5) is 8.78 Å². The van der Waals surface area contributed by atoms with E-state index >= 15 is 0 Å². The van der Waals surface area contributed by atoms with Gasteiger partial charge in [0.05, 0.1) is 6.61 Å². The van der Waals surface area contributed by atoms with Crippen molar-refractivity contribution in [1.82, 2.24) is 0 Å². The van der Waals surface area contributed by atoms with Crippen LogP contribution in [0.5, 0.6) is 0 Å². The lowest BCUT2D eigenvalue weighted by Crippen LogP contribution is -2.27. The van der Waals surface area contributed by atoms with Gasteiger partial charge in [-0.05, 0) is 55.6 Å². The highest BCUT2D eigenvalue weighted by atomic mass is 19.3. The highest BCUT2D eigenvalue weighted by molar-refractivity contribution is 5.47. The molecule has 3 heteroatoms. The molecular weight excluding hydrogens is 318 g/mol. The molecular formula is C22H30F2O. The normalized spacial score (nSPS) is 21.6. The van der Waals surface area contributed by atoms with Crippen molar-refractivity contribution in [3.63, 3.8) is 0 Å². The number of rotatable bonds is 9. The Labute approximate surface area is 150 Å². The minimum atomic E-state index is -3.04. The van der Waals surface area contributed by atoms with Crippen LogP contribution in [0.15, 0.2) is 43.0 Å². The minimum Gasteiger partial charge on any atom is -0.316 e. The third-order valence-electron chi connectivity index (χ3n) is 5.14. The predicted molar refractivity (Wildman–Crippen MR) is 100 cm³/mol. The molecule has 2 rings (SSSR count). The molecule has 0 atom stereocenters. The second-order valence-corrected chi connectivity index (χ2v) is 7.11. The van der Waals surface area contributed by atoms with Crippen molar-refractivity contribution >= 4 is 6.08 Å². The van der Waals surface area contributed by atoms with E-state index in [1.165, 1.54) is 6.42 Å². The van der Waals surface area contributed by atoms with Crippen LogP contribution >= 0.6 is 0 Å². The molecule has 1 aliphatic carbocycles. The molecule has 0 saturated heterocycles. The van der Waals surface area contributed by atoms with Gasteiger partial charge in [0.25, 0.3) is 0 Å². The predicted octanol–water partition coefficient (Wildman–Crippen LogP) is 6.99. The lowest BCUT2D eigenvalue weighted by atomic mass is 9.78. The lowest BCUT2D eigenvalue weighted by molar-refractivity contribution is -0.256. The SMILES string of the molecule is C=Cc1ccc(COC(F)(F)CC2CCC(CCC=CC)CC2)cc1. The van der Waals surface area contributed by atoms with E-state index in [0.717, 1.165) is 43.2 Å². The summed E-state index contributed by atoms with van der Waals surface area (Å²) in [7, 11) is 0. The molecule has 0 amide bonds. The second-order valence-electron chi connectivity index (χ2n) is 7.11. The molecule has 0 aromatic heterocycles. The Morgan fingerprint density at radius 1 is 1.12 bits per heavy atom. The van der Waals surface area contributed by atoms with Crippen LogP contribution in [0.3, 0.4) is 0 Å². The van der Waals surface area contributed by atoms with Gasteiger partial charge in [0.2, 0.25) is 0 Å². The van der Waals surface area contributed by atoms with Crippen LogP contribution in [0.25, 0.3) is 6.08 Å². The number of benzene rings is 1. The molecule has 1 fully saturated rings. The number of hydrogen-bond acceptors (Lipinski definition) is 1. The van der Waals surface area contributed by atoms with Gasteiger partial charge in [-0.15, -0.1) is 0 Å². The fourth-order valence-corrected chi connectivity index (χ4v) is 3.56. The molecule has 25 heavy (non-hydrogen) atoms. The fourth-order valence-electron chi connectivity index (χ4n) is 3.56. The highest BCUT2D eigenvalue weighted by Gasteiger charge is 2.35. The van der Waals surface area contributed by atoms with Crippen molar-refractivity contribution in [2.24, 2.45) is 11.8 Å². The zero-order valence-corrected chi connectivity index (χ0v) is 15.2. The van der Waals surface area contributed by atoms with Gasteiger partial charge in [0.1, 0.15) is 0 Å². The van der Waals surface area contributed by atoms with Gasteiger partial charge < -0.3 is 4.74 Å². The van der Waals surface area contributed by atoms with Gasteiger partial charge in [-0.1, -0.05) is 61.9 Å². The maximum Gasteiger partial charge on any atom is 0.356 e. The molecule has 0 spiro atoms. The third kappa shape index (κ3) is 7.11. The topological polar surface area (TPSA) is 9.23 Å².